The molecule has 0 aliphatic rings. The van der Waals surface area contributed by atoms with E-state index in [4.69, 9.17) is 4.74 Å². The normalized spacial score (nSPS) is 10.3. The molecule has 0 aromatic carbocycles. The summed E-state index contributed by atoms with van der Waals surface area (Å²) in [5.41, 5.74) is 0.917. The topological polar surface area (TPSA) is 77.8 Å². The highest BCUT2D eigenvalue weighted by molar-refractivity contribution is 5.47. The summed E-state index contributed by atoms with van der Waals surface area (Å²) in [7, 11) is 1.60. The van der Waals surface area contributed by atoms with E-state index in [-0.39, 0.29) is 0 Å². The molecule has 1 N–H and O–H groups in total. The first-order valence-electron chi connectivity index (χ1n) is 5.75. The molecule has 0 spiro atoms. The number of methoxy groups -OCH3 is 1. The molecule has 0 amide bonds. The van der Waals surface area contributed by atoms with Crippen molar-refractivity contribution in [2.75, 3.05) is 19.0 Å². The monoisotopic (exact) mass is 248 g/mol. The van der Waals surface area contributed by atoms with Gasteiger partial charge in [-0.15, -0.1) is 5.10 Å². The van der Waals surface area contributed by atoms with Crippen molar-refractivity contribution in [3.05, 3.63) is 24.3 Å². The van der Waals surface area contributed by atoms with E-state index in [1.54, 1.807) is 18.0 Å². The molecule has 96 valence electrons. The summed E-state index contributed by atoms with van der Waals surface area (Å²) in [5.74, 6) is 1.41. The third-order valence-corrected chi connectivity index (χ3v) is 2.56. The lowest BCUT2D eigenvalue weighted by Crippen LogP contribution is -2.10. The Morgan fingerprint density at radius 3 is 3.00 bits per heavy atom. The van der Waals surface area contributed by atoms with Gasteiger partial charge < -0.3 is 10.1 Å². The van der Waals surface area contributed by atoms with E-state index in [0.717, 1.165) is 30.9 Å². The van der Waals surface area contributed by atoms with Crippen molar-refractivity contribution >= 4 is 5.82 Å². The molecule has 2 rings (SSSR count). The number of rotatable bonds is 6. The minimum atomic E-state index is 0.601. The molecule has 0 aliphatic carbocycles. The molecule has 0 saturated carbocycles. The van der Waals surface area contributed by atoms with Crippen molar-refractivity contribution < 1.29 is 4.74 Å². The first-order valence-corrected chi connectivity index (χ1v) is 5.75. The van der Waals surface area contributed by atoms with Crippen molar-refractivity contribution in [1.82, 2.24) is 25.0 Å². The Balaban J connectivity index is 1.83. The number of ether oxygens (including phenoxy) is 1. The van der Waals surface area contributed by atoms with Crippen molar-refractivity contribution in [2.24, 2.45) is 0 Å². The third kappa shape index (κ3) is 2.93. The van der Waals surface area contributed by atoms with Gasteiger partial charge in [-0.25, -0.2) is 9.97 Å². The molecule has 0 fully saturated rings. The predicted octanol–water partition coefficient (Wildman–Crippen LogP) is 0.887. The smallest absolute Gasteiger partial charge is 0.221 e. The lowest BCUT2D eigenvalue weighted by Gasteiger charge is -2.10. The molecule has 0 radical (unpaired) electrons. The Labute approximate surface area is 105 Å². The van der Waals surface area contributed by atoms with Gasteiger partial charge in [0.2, 0.25) is 5.88 Å². The third-order valence-electron chi connectivity index (χ3n) is 2.56. The van der Waals surface area contributed by atoms with Crippen LogP contribution >= 0.6 is 0 Å². The highest BCUT2D eigenvalue weighted by Gasteiger charge is 2.05. The predicted molar refractivity (Wildman–Crippen MR) is 66.4 cm³/mol. The number of hydrogen-bond donors (Lipinski definition) is 1. The van der Waals surface area contributed by atoms with Crippen LogP contribution in [0.5, 0.6) is 5.88 Å². The Hall–Kier alpha value is -2.18. The van der Waals surface area contributed by atoms with E-state index in [1.165, 1.54) is 6.33 Å². The second kappa shape index (κ2) is 5.95. The Morgan fingerprint density at radius 2 is 2.28 bits per heavy atom. The molecule has 0 atom stereocenters. The Morgan fingerprint density at radius 1 is 1.39 bits per heavy atom. The minimum Gasteiger partial charge on any atom is -0.481 e. The fraction of sp³-hybridized carbons (Fsp3) is 0.455. The second-order valence-corrected chi connectivity index (χ2v) is 3.80. The van der Waals surface area contributed by atoms with Crippen LogP contribution < -0.4 is 10.1 Å². The molecule has 2 aromatic rings. The van der Waals surface area contributed by atoms with Crippen molar-refractivity contribution in [3.8, 4) is 5.88 Å². The first-order chi connectivity index (χ1) is 8.81. The average Bonchev–Trinajstić information content (AvgIpc) is 2.89. The van der Waals surface area contributed by atoms with Gasteiger partial charge in [-0.2, -0.15) is 0 Å². The number of anilines is 1. The van der Waals surface area contributed by atoms with Gasteiger partial charge in [-0.05, 0) is 13.3 Å². The van der Waals surface area contributed by atoms with Crippen LogP contribution in [0.4, 0.5) is 5.82 Å². The van der Waals surface area contributed by atoms with E-state index in [9.17, 15) is 0 Å². The molecule has 0 aliphatic heterocycles. The largest absolute Gasteiger partial charge is 0.481 e. The molecule has 18 heavy (non-hydrogen) atoms. The van der Waals surface area contributed by atoms with E-state index in [1.807, 2.05) is 13.1 Å². The standard InChI is InChI=1S/C11H16N6O/c1-9-10(13-8-14-11(9)18-2)12-4-3-6-17-7-5-15-16-17/h5,7-8H,3-4,6H2,1-2H3,(H,12,13,14). The van der Waals surface area contributed by atoms with Crippen molar-refractivity contribution in [1.29, 1.82) is 0 Å². The maximum atomic E-state index is 5.14. The molecule has 0 bridgehead atoms. The number of aryl methyl sites for hydroxylation is 1. The molecule has 0 unspecified atom stereocenters. The fourth-order valence-electron chi connectivity index (χ4n) is 1.62. The summed E-state index contributed by atoms with van der Waals surface area (Å²) < 4.78 is 6.94. The lowest BCUT2D eigenvalue weighted by atomic mass is 10.3. The molecular weight excluding hydrogens is 232 g/mol. The lowest BCUT2D eigenvalue weighted by molar-refractivity contribution is 0.393. The minimum absolute atomic E-state index is 0.601. The molecule has 7 nitrogen and oxygen atoms in total. The van der Waals surface area contributed by atoms with Crippen LogP contribution in [0.25, 0.3) is 0 Å². The zero-order valence-electron chi connectivity index (χ0n) is 10.5. The molecule has 2 heterocycles. The maximum absolute atomic E-state index is 5.14. The second-order valence-electron chi connectivity index (χ2n) is 3.80. The van der Waals surface area contributed by atoms with E-state index >= 15 is 0 Å². The Kier molecular flexibility index (Phi) is 4.06. The molecule has 0 saturated heterocycles. The van der Waals surface area contributed by atoms with Gasteiger partial charge >= 0.3 is 0 Å². The van der Waals surface area contributed by atoms with Gasteiger partial charge in [0.15, 0.2) is 0 Å². The summed E-state index contributed by atoms with van der Waals surface area (Å²) in [6, 6.07) is 0. The van der Waals surface area contributed by atoms with Crippen LogP contribution in [0.2, 0.25) is 0 Å². The van der Waals surface area contributed by atoms with E-state index < -0.39 is 0 Å². The highest BCUT2D eigenvalue weighted by Crippen LogP contribution is 2.19. The zero-order chi connectivity index (χ0) is 12.8. The van der Waals surface area contributed by atoms with E-state index in [2.05, 4.69) is 25.6 Å². The SMILES string of the molecule is COc1ncnc(NCCCn2ccnn2)c1C. The van der Waals surface area contributed by atoms with Crippen LogP contribution in [0.15, 0.2) is 18.7 Å². The first kappa shape index (κ1) is 12.3. The average molecular weight is 248 g/mol. The number of nitrogens with zero attached hydrogens (tertiary/aromatic N) is 5. The summed E-state index contributed by atoms with van der Waals surface area (Å²) in [5, 5.41) is 10.9. The van der Waals surface area contributed by atoms with Gasteiger partial charge in [-0.3, -0.25) is 4.68 Å². The van der Waals surface area contributed by atoms with Crippen LogP contribution in [0.3, 0.4) is 0 Å². The number of nitrogens with one attached hydrogen (secondary N) is 1. The van der Waals surface area contributed by atoms with E-state index in [0.29, 0.717) is 5.88 Å². The van der Waals surface area contributed by atoms with Gasteiger partial charge in [0, 0.05) is 19.3 Å². The Bertz CT molecular complexity index is 484. The summed E-state index contributed by atoms with van der Waals surface area (Å²) >= 11 is 0. The van der Waals surface area contributed by atoms with Gasteiger partial charge in [0.05, 0.1) is 18.9 Å². The zero-order valence-corrected chi connectivity index (χ0v) is 10.5. The molecule has 7 heteroatoms. The highest BCUT2D eigenvalue weighted by atomic mass is 16.5. The van der Waals surface area contributed by atoms with Crippen molar-refractivity contribution in [3.63, 3.8) is 0 Å². The van der Waals surface area contributed by atoms with Gasteiger partial charge in [0.25, 0.3) is 0 Å². The van der Waals surface area contributed by atoms with Gasteiger partial charge in [-0.1, -0.05) is 5.21 Å². The number of hydrogen-bond acceptors (Lipinski definition) is 6. The van der Waals surface area contributed by atoms with Crippen LogP contribution in [0, 0.1) is 6.92 Å². The van der Waals surface area contributed by atoms with Gasteiger partial charge in [0.1, 0.15) is 12.1 Å². The van der Waals surface area contributed by atoms with Crippen LogP contribution in [-0.4, -0.2) is 38.6 Å². The van der Waals surface area contributed by atoms with Crippen molar-refractivity contribution in [2.45, 2.75) is 19.9 Å². The summed E-state index contributed by atoms with van der Waals surface area (Å²) in [6.45, 7) is 3.56. The molecular formula is C11H16N6O. The summed E-state index contributed by atoms with van der Waals surface area (Å²) in [6.07, 6.45) is 5.95. The quantitative estimate of drug-likeness (QED) is 0.765. The number of aromatic nitrogens is 5. The fourth-order valence-corrected chi connectivity index (χ4v) is 1.62. The summed E-state index contributed by atoms with van der Waals surface area (Å²) in [4.78, 5) is 8.22. The van der Waals surface area contributed by atoms with Crippen LogP contribution in [0.1, 0.15) is 12.0 Å². The maximum Gasteiger partial charge on any atom is 0.221 e. The molecule has 2 aromatic heterocycles. The van der Waals surface area contributed by atoms with Crippen LogP contribution in [-0.2, 0) is 6.54 Å².